The lowest BCUT2D eigenvalue weighted by Crippen LogP contribution is -2.34. The average molecular weight is 292 g/mol. The minimum absolute atomic E-state index is 0.0415. The molecule has 3 rings (SSSR count). The fraction of sp³-hybridized carbons (Fsp3) is 0.333. The van der Waals surface area contributed by atoms with E-state index < -0.39 is 23.3 Å². The van der Waals surface area contributed by atoms with Crippen molar-refractivity contribution in [1.29, 1.82) is 0 Å². The molecule has 0 unspecified atom stereocenters. The summed E-state index contributed by atoms with van der Waals surface area (Å²) >= 11 is 0. The van der Waals surface area contributed by atoms with Gasteiger partial charge in [-0.1, -0.05) is 6.58 Å². The van der Waals surface area contributed by atoms with Crippen molar-refractivity contribution in [2.45, 2.75) is 18.9 Å². The molecule has 1 aliphatic carbocycles. The van der Waals surface area contributed by atoms with E-state index in [0.29, 0.717) is 24.2 Å². The summed E-state index contributed by atoms with van der Waals surface area (Å²) < 4.78 is 27.1. The second-order valence-corrected chi connectivity index (χ2v) is 5.41. The molecule has 6 heteroatoms. The van der Waals surface area contributed by atoms with Gasteiger partial charge in [0.05, 0.1) is 11.3 Å². The van der Waals surface area contributed by atoms with E-state index in [1.165, 1.54) is 0 Å². The fourth-order valence-electron chi connectivity index (χ4n) is 2.36. The number of halogens is 2. The Bertz CT molecular complexity index is 653. The molecular formula is C15H14F2N2O2. The van der Waals surface area contributed by atoms with Crippen molar-refractivity contribution in [2.75, 3.05) is 18.0 Å². The summed E-state index contributed by atoms with van der Waals surface area (Å²) in [6.07, 6.45) is 2.23. The van der Waals surface area contributed by atoms with Crippen molar-refractivity contribution in [1.82, 2.24) is 5.32 Å². The Morgan fingerprint density at radius 1 is 1.33 bits per heavy atom. The number of nitrogens with one attached hydrogen (secondary N) is 1. The molecule has 1 aromatic carbocycles. The molecule has 0 saturated heterocycles. The van der Waals surface area contributed by atoms with Gasteiger partial charge in [-0.05, 0) is 24.5 Å². The van der Waals surface area contributed by atoms with Crippen LogP contribution < -0.4 is 10.2 Å². The minimum atomic E-state index is -0.910. The molecule has 1 aromatic rings. The van der Waals surface area contributed by atoms with Gasteiger partial charge in [0, 0.05) is 25.2 Å². The summed E-state index contributed by atoms with van der Waals surface area (Å²) in [5, 5.41) is 3.23. The summed E-state index contributed by atoms with van der Waals surface area (Å²) in [6.45, 7) is 4.38. The third-order valence-electron chi connectivity index (χ3n) is 3.58. The zero-order chi connectivity index (χ0) is 15.1. The number of carbonyl (C=O) groups excluding carboxylic acids is 2. The summed E-state index contributed by atoms with van der Waals surface area (Å²) in [5.74, 6) is -3.51. The molecule has 0 atom stereocenters. The van der Waals surface area contributed by atoms with Crippen molar-refractivity contribution >= 4 is 17.4 Å². The number of amides is 1. The van der Waals surface area contributed by atoms with Crippen LogP contribution in [0.25, 0.3) is 0 Å². The lowest BCUT2D eigenvalue weighted by molar-refractivity contribution is -0.114. The number of hydrogen-bond donors (Lipinski definition) is 1. The predicted molar refractivity (Wildman–Crippen MR) is 73.2 cm³/mol. The van der Waals surface area contributed by atoms with Gasteiger partial charge in [0.1, 0.15) is 5.82 Å². The number of anilines is 1. The predicted octanol–water partition coefficient (Wildman–Crippen LogP) is 1.80. The summed E-state index contributed by atoms with van der Waals surface area (Å²) in [6, 6.07) is 2.04. The van der Waals surface area contributed by atoms with Gasteiger partial charge in [-0.25, -0.2) is 8.78 Å². The lowest BCUT2D eigenvalue weighted by atomic mass is 10.1. The van der Waals surface area contributed by atoms with Crippen molar-refractivity contribution in [2.24, 2.45) is 0 Å². The second kappa shape index (κ2) is 5.04. The molecule has 0 radical (unpaired) electrons. The first-order valence-electron chi connectivity index (χ1n) is 6.72. The zero-order valence-electron chi connectivity index (χ0n) is 11.3. The Morgan fingerprint density at radius 2 is 2.05 bits per heavy atom. The van der Waals surface area contributed by atoms with Crippen LogP contribution in [0.4, 0.5) is 14.5 Å². The highest BCUT2D eigenvalue weighted by Gasteiger charge is 2.38. The Balaban J connectivity index is 1.81. The maximum Gasteiger partial charge on any atom is 0.299 e. The van der Waals surface area contributed by atoms with Crippen LogP contribution in [0.2, 0.25) is 0 Å². The van der Waals surface area contributed by atoms with Gasteiger partial charge in [0.15, 0.2) is 5.82 Å². The molecule has 4 nitrogen and oxygen atoms in total. The van der Waals surface area contributed by atoms with Crippen molar-refractivity contribution in [3.05, 3.63) is 41.5 Å². The van der Waals surface area contributed by atoms with E-state index in [4.69, 9.17) is 0 Å². The van der Waals surface area contributed by atoms with Gasteiger partial charge >= 0.3 is 0 Å². The van der Waals surface area contributed by atoms with E-state index in [2.05, 4.69) is 11.9 Å². The topological polar surface area (TPSA) is 49.4 Å². The van der Waals surface area contributed by atoms with Crippen LogP contribution in [-0.2, 0) is 4.79 Å². The van der Waals surface area contributed by atoms with Crippen LogP contribution in [0.1, 0.15) is 23.2 Å². The molecule has 0 aromatic heterocycles. The number of hydrogen-bond acceptors (Lipinski definition) is 3. The van der Waals surface area contributed by atoms with Gasteiger partial charge in [0.25, 0.3) is 11.7 Å². The third kappa shape index (κ3) is 2.58. The third-order valence-corrected chi connectivity index (χ3v) is 3.58. The number of Topliss-reactive ketones (excluding diaryl/α,β-unsaturated/α-hetero) is 1. The van der Waals surface area contributed by atoms with Crippen molar-refractivity contribution in [3.8, 4) is 0 Å². The molecule has 110 valence electrons. The normalized spacial score (nSPS) is 17.3. The Morgan fingerprint density at radius 3 is 2.71 bits per heavy atom. The van der Waals surface area contributed by atoms with Crippen LogP contribution in [0.3, 0.4) is 0 Å². The van der Waals surface area contributed by atoms with E-state index in [1.807, 2.05) is 0 Å². The highest BCUT2D eigenvalue weighted by atomic mass is 19.1. The van der Waals surface area contributed by atoms with E-state index >= 15 is 0 Å². The first-order valence-corrected chi connectivity index (χ1v) is 6.72. The van der Waals surface area contributed by atoms with E-state index in [-0.39, 0.29) is 17.8 Å². The maximum absolute atomic E-state index is 13.9. The number of rotatable bonds is 5. The smallest absolute Gasteiger partial charge is 0.299 e. The highest BCUT2D eigenvalue weighted by molar-refractivity contribution is 6.52. The number of nitrogens with zero attached hydrogens (tertiary/aromatic N) is 1. The molecule has 1 aliphatic heterocycles. The molecule has 1 heterocycles. The van der Waals surface area contributed by atoms with Gasteiger partial charge in [0.2, 0.25) is 0 Å². The summed E-state index contributed by atoms with van der Waals surface area (Å²) in [7, 11) is 0. The quantitative estimate of drug-likeness (QED) is 0.665. The maximum atomic E-state index is 13.9. The number of carbonyl (C=O) groups is 2. The SMILES string of the molecule is C=C(CNC1CC1)CN1C(=O)C(=O)c2cc(F)cc(F)c21. The second-order valence-electron chi connectivity index (χ2n) is 5.41. The molecule has 1 N–H and O–H groups in total. The first kappa shape index (κ1) is 13.9. The number of ketones is 1. The molecule has 0 bridgehead atoms. The Kier molecular flexibility index (Phi) is 3.33. The van der Waals surface area contributed by atoms with Gasteiger partial charge < -0.3 is 5.32 Å². The van der Waals surface area contributed by atoms with Gasteiger partial charge in [-0.15, -0.1) is 0 Å². The summed E-state index contributed by atoms with van der Waals surface area (Å²) in [5.41, 5.74) is 0.291. The van der Waals surface area contributed by atoms with Crippen molar-refractivity contribution in [3.63, 3.8) is 0 Å². The highest BCUT2D eigenvalue weighted by Crippen LogP contribution is 2.33. The van der Waals surface area contributed by atoms with Crippen molar-refractivity contribution < 1.29 is 18.4 Å². The van der Waals surface area contributed by atoms with Crippen LogP contribution in [0.15, 0.2) is 24.3 Å². The minimum Gasteiger partial charge on any atom is -0.310 e. The average Bonchev–Trinajstić information content (AvgIpc) is 3.21. The van der Waals surface area contributed by atoms with Gasteiger partial charge in [-0.2, -0.15) is 0 Å². The number of fused-ring (bicyclic) bond motifs is 1. The Labute approximate surface area is 120 Å². The van der Waals surface area contributed by atoms with E-state index in [9.17, 15) is 18.4 Å². The van der Waals surface area contributed by atoms with Crippen LogP contribution in [-0.4, -0.2) is 30.8 Å². The lowest BCUT2D eigenvalue weighted by Gasteiger charge is -2.18. The largest absolute Gasteiger partial charge is 0.310 e. The molecular weight excluding hydrogens is 278 g/mol. The van der Waals surface area contributed by atoms with Gasteiger partial charge in [-0.3, -0.25) is 14.5 Å². The van der Waals surface area contributed by atoms with Crippen LogP contribution in [0, 0.1) is 11.6 Å². The summed E-state index contributed by atoms with van der Waals surface area (Å²) in [4.78, 5) is 24.8. The van der Waals surface area contributed by atoms with Crippen LogP contribution in [0.5, 0.6) is 0 Å². The molecule has 0 spiro atoms. The molecule has 2 aliphatic rings. The Hall–Kier alpha value is -2.08. The van der Waals surface area contributed by atoms with E-state index in [1.54, 1.807) is 0 Å². The molecule has 21 heavy (non-hydrogen) atoms. The van der Waals surface area contributed by atoms with E-state index in [0.717, 1.165) is 23.8 Å². The molecule has 1 saturated carbocycles. The monoisotopic (exact) mass is 292 g/mol. The fourth-order valence-corrected chi connectivity index (χ4v) is 2.36. The van der Waals surface area contributed by atoms with Crippen LogP contribution >= 0.6 is 0 Å². The molecule has 1 amide bonds. The number of benzene rings is 1. The molecule has 1 fully saturated rings. The first-order chi connectivity index (χ1) is 9.97. The standard InChI is InChI=1S/C15H14F2N2O2/c1-8(6-18-10-2-3-10)7-19-13-11(14(20)15(19)21)4-9(16)5-12(13)17/h4-5,10,18H,1-3,6-7H2. The zero-order valence-corrected chi connectivity index (χ0v) is 11.3.